The van der Waals surface area contributed by atoms with Crippen molar-refractivity contribution in [3.63, 3.8) is 0 Å². The summed E-state index contributed by atoms with van der Waals surface area (Å²) in [7, 11) is 0. The molecule has 0 aliphatic heterocycles. The van der Waals surface area contributed by atoms with Gasteiger partial charge in [-0.15, -0.1) is 0 Å². The summed E-state index contributed by atoms with van der Waals surface area (Å²) < 4.78 is 0. The van der Waals surface area contributed by atoms with Gasteiger partial charge in [-0.25, -0.2) is 0 Å². The Morgan fingerprint density at radius 3 is 1.67 bits per heavy atom. The van der Waals surface area contributed by atoms with Crippen molar-refractivity contribution in [3.05, 3.63) is 12.7 Å². The van der Waals surface area contributed by atoms with E-state index in [1.165, 1.54) is 0 Å². The normalized spacial score (nSPS) is 4.33. The number of allylic oxidation sites excluding steroid dienone is 1. The van der Waals surface area contributed by atoms with E-state index in [1.54, 1.807) is 0 Å². The molecule has 0 aliphatic carbocycles. The second kappa shape index (κ2) is 19.0. The largest absolute Gasteiger partial charge is 0.870 e. The predicted octanol–water partition coefficient (Wildman–Crippen LogP) is 0.406. The molecule has 0 aromatic carbocycles. The summed E-state index contributed by atoms with van der Waals surface area (Å²) in [4.78, 5) is 0. The van der Waals surface area contributed by atoms with E-state index in [1.807, 2.05) is 6.08 Å². The Labute approximate surface area is 45.9 Å². The van der Waals surface area contributed by atoms with Crippen LogP contribution in [0.25, 0.3) is 0 Å². The van der Waals surface area contributed by atoms with Crippen molar-refractivity contribution in [2.75, 3.05) is 0 Å². The maximum atomic E-state index is 3.46. The molecule has 0 saturated carbocycles. The fourth-order valence-electron chi connectivity index (χ4n) is 0. The second-order valence-electron chi connectivity index (χ2n) is 0.524. The summed E-state index contributed by atoms with van der Waals surface area (Å²) in [6, 6.07) is 0. The minimum absolute atomic E-state index is 0. The van der Waals surface area contributed by atoms with Crippen LogP contribution in [0.2, 0.25) is 5.28 Å². The molecule has 0 spiro atoms. The van der Waals surface area contributed by atoms with E-state index in [0.29, 0.717) is 0 Å². The Bertz CT molecular complexity index is 22.8. The molecule has 0 aliphatic rings. The summed E-state index contributed by atoms with van der Waals surface area (Å²) in [5, 5.41) is 1.00. The van der Waals surface area contributed by atoms with Gasteiger partial charge in [0.05, 0.1) is 0 Å². The monoisotopic (exact) mass is 102 g/mol. The first kappa shape index (κ1) is 16.4. The van der Waals surface area contributed by atoms with Gasteiger partial charge in [-0.3, -0.25) is 0 Å². The third-order valence-corrected chi connectivity index (χ3v) is 0.500. The molecule has 0 aromatic heterocycles. The SMILES string of the molecule is C=C[CH2][Al+2].[OH-].[OH-]. The zero-order valence-electron chi connectivity index (χ0n) is 3.46. The van der Waals surface area contributed by atoms with Crippen LogP contribution in [-0.4, -0.2) is 27.2 Å². The van der Waals surface area contributed by atoms with Gasteiger partial charge in [-0.05, 0) is 0 Å². The van der Waals surface area contributed by atoms with Crippen LogP contribution in [0, 0.1) is 0 Å². The van der Waals surface area contributed by atoms with Crippen LogP contribution in [-0.2, 0) is 0 Å². The van der Waals surface area contributed by atoms with E-state index in [2.05, 4.69) is 22.9 Å². The predicted molar refractivity (Wildman–Crippen MR) is 24.6 cm³/mol. The fraction of sp³-hybridized carbons (Fsp3) is 0.333. The summed E-state index contributed by atoms with van der Waals surface area (Å²) in [5.74, 6) is 0. The van der Waals surface area contributed by atoms with Crippen molar-refractivity contribution in [3.8, 4) is 0 Å². The van der Waals surface area contributed by atoms with Gasteiger partial charge in [0, 0.05) is 0 Å². The first-order valence-corrected chi connectivity index (χ1v) is 2.04. The zero-order chi connectivity index (χ0) is 3.41. The second-order valence-corrected chi connectivity index (χ2v) is 0.996. The number of rotatable bonds is 1. The van der Waals surface area contributed by atoms with Crippen molar-refractivity contribution in [2.24, 2.45) is 0 Å². The molecule has 0 radical (unpaired) electrons. The molecule has 0 fully saturated rings. The number of hydrogen-bond acceptors (Lipinski definition) is 2. The van der Waals surface area contributed by atoms with Gasteiger partial charge >= 0.3 is 34.2 Å². The molecule has 34 valence electrons. The Balaban J connectivity index is -0.0000000450. The molecule has 0 aromatic rings. The quantitative estimate of drug-likeness (QED) is 0.355. The molecular weight excluding hydrogens is 95.0 g/mol. The van der Waals surface area contributed by atoms with Gasteiger partial charge in [0.25, 0.3) is 0 Å². The van der Waals surface area contributed by atoms with Gasteiger partial charge in [0.15, 0.2) is 0 Å². The standard InChI is InChI=1S/C3H5.Al.2H2O/c1-3-2;;;/h3H,1-2H2;;2*1H2/q;+2;;/p-2. The number of hydrogen-bond donors (Lipinski definition) is 0. The molecule has 0 heterocycles. The van der Waals surface area contributed by atoms with E-state index in [9.17, 15) is 0 Å². The topological polar surface area (TPSA) is 60.0 Å². The van der Waals surface area contributed by atoms with E-state index in [0.717, 1.165) is 5.28 Å². The summed E-state index contributed by atoms with van der Waals surface area (Å²) in [6.45, 7) is 3.46. The Morgan fingerprint density at radius 2 is 1.67 bits per heavy atom. The molecule has 0 bridgehead atoms. The van der Waals surface area contributed by atoms with E-state index >= 15 is 0 Å². The minimum Gasteiger partial charge on any atom is -0.870 e. The first-order chi connectivity index (χ1) is 1.91. The Morgan fingerprint density at radius 1 is 1.50 bits per heavy atom. The maximum Gasteiger partial charge on any atom is -0.870 e. The van der Waals surface area contributed by atoms with Crippen LogP contribution in [0.1, 0.15) is 0 Å². The molecule has 0 saturated heterocycles. The Hall–Kier alpha value is 0.192. The molecule has 2 N–H and O–H groups in total. The summed E-state index contributed by atoms with van der Waals surface area (Å²) in [5.41, 5.74) is 0. The molecule has 2 nitrogen and oxygen atoms in total. The van der Waals surface area contributed by atoms with Crippen LogP contribution in [0.4, 0.5) is 0 Å². The smallest absolute Gasteiger partial charge is 0.870 e. The average Bonchev–Trinajstić information content (AvgIpc) is 1.37. The zero-order valence-corrected chi connectivity index (χ0v) is 4.62. The minimum atomic E-state index is 0. The van der Waals surface area contributed by atoms with Crippen molar-refractivity contribution in [2.45, 2.75) is 5.28 Å². The van der Waals surface area contributed by atoms with E-state index < -0.39 is 0 Å². The van der Waals surface area contributed by atoms with Gasteiger partial charge in [0.2, 0.25) is 0 Å². The van der Waals surface area contributed by atoms with Crippen molar-refractivity contribution in [1.82, 2.24) is 0 Å². The molecule has 6 heavy (non-hydrogen) atoms. The average molecular weight is 102 g/mol. The fourth-order valence-corrected chi connectivity index (χ4v) is 0. The van der Waals surface area contributed by atoms with Crippen LogP contribution in [0.15, 0.2) is 12.7 Å². The van der Waals surface area contributed by atoms with Gasteiger partial charge in [-0.2, -0.15) is 0 Å². The molecule has 0 atom stereocenters. The summed E-state index contributed by atoms with van der Waals surface area (Å²) >= 11 is 2.54. The van der Waals surface area contributed by atoms with Gasteiger partial charge in [0.1, 0.15) is 0 Å². The molecule has 0 amide bonds. The van der Waals surface area contributed by atoms with E-state index in [4.69, 9.17) is 0 Å². The van der Waals surface area contributed by atoms with Gasteiger partial charge < -0.3 is 11.0 Å². The Kier molecular flexibility index (Phi) is 51.8. The third kappa shape index (κ3) is 30.0. The van der Waals surface area contributed by atoms with Crippen LogP contribution in [0.5, 0.6) is 0 Å². The third-order valence-electron chi connectivity index (χ3n) is 0.167. The summed E-state index contributed by atoms with van der Waals surface area (Å²) in [6.07, 6.45) is 1.84. The molecule has 0 unspecified atom stereocenters. The van der Waals surface area contributed by atoms with Crippen LogP contribution < -0.4 is 0 Å². The maximum absolute atomic E-state index is 3.46. The van der Waals surface area contributed by atoms with Crippen LogP contribution in [0.3, 0.4) is 0 Å². The van der Waals surface area contributed by atoms with Crippen molar-refractivity contribution < 1.29 is 11.0 Å². The van der Waals surface area contributed by atoms with Crippen molar-refractivity contribution in [1.29, 1.82) is 0 Å². The van der Waals surface area contributed by atoms with Gasteiger partial charge in [-0.1, -0.05) is 0 Å². The van der Waals surface area contributed by atoms with E-state index in [-0.39, 0.29) is 11.0 Å². The molecule has 3 heteroatoms. The molecule has 0 rings (SSSR count). The van der Waals surface area contributed by atoms with Crippen molar-refractivity contribution >= 4 is 16.3 Å². The molecular formula is C3H7AlO2. The van der Waals surface area contributed by atoms with Crippen LogP contribution >= 0.6 is 0 Å². The first-order valence-electron chi connectivity index (χ1n) is 1.22.